The average molecular weight is 278 g/mol. The van der Waals surface area contributed by atoms with Gasteiger partial charge in [0.2, 0.25) is 0 Å². The van der Waals surface area contributed by atoms with Gasteiger partial charge in [-0.1, -0.05) is 43.6 Å². The Morgan fingerprint density at radius 2 is 2.05 bits per heavy atom. The first kappa shape index (κ1) is 14.3. The Hall–Kier alpha value is -1.12. The van der Waals surface area contributed by atoms with Gasteiger partial charge in [0.15, 0.2) is 0 Å². The summed E-state index contributed by atoms with van der Waals surface area (Å²) in [5, 5.41) is 1.65. The second-order valence-corrected chi connectivity index (χ2v) is 5.58. The van der Waals surface area contributed by atoms with Gasteiger partial charge in [-0.2, -0.15) is 0 Å². The molecule has 102 valence electrons. The van der Waals surface area contributed by atoms with E-state index in [1.807, 2.05) is 24.3 Å². The minimum Gasteiger partial charge on any atom is -0.377 e. The number of nitrogens with zero attached hydrogens (tertiary/aromatic N) is 1. The lowest BCUT2D eigenvalue weighted by Crippen LogP contribution is -1.99. The maximum Gasteiger partial charge on any atom is 0.135 e. The Morgan fingerprint density at radius 3 is 2.84 bits per heavy atom. The fourth-order valence-corrected chi connectivity index (χ4v) is 2.21. The molecule has 0 radical (unpaired) electrons. The van der Waals surface area contributed by atoms with Crippen molar-refractivity contribution in [2.24, 2.45) is 5.92 Å². The molecule has 2 nitrogen and oxygen atoms in total. The van der Waals surface area contributed by atoms with Gasteiger partial charge in [-0.25, -0.2) is 4.98 Å². The molecule has 3 heteroatoms. The van der Waals surface area contributed by atoms with Crippen molar-refractivity contribution >= 4 is 22.5 Å². The van der Waals surface area contributed by atoms with E-state index in [1.165, 1.54) is 6.42 Å². The third-order valence-corrected chi connectivity index (χ3v) is 3.41. The smallest absolute Gasteiger partial charge is 0.135 e. The number of halogens is 1. The summed E-state index contributed by atoms with van der Waals surface area (Å²) in [6.45, 7) is 5.77. The molecule has 0 unspecified atom stereocenters. The second kappa shape index (κ2) is 6.88. The van der Waals surface area contributed by atoms with Crippen LogP contribution < -0.4 is 0 Å². The highest BCUT2D eigenvalue weighted by Gasteiger charge is 2.05. The fraction of sp³-hybridized carbons (Fsp3) is 0.438. The topological polar surface area (TPSA) is 22.1 Å². The highest BCUT2D eigenvalue weighted by atomic mass is 35.5. The van der Waals surface area contributed by atoms with Gasteiger partial charge in [0, 0.05) is 17.6 Å². The van der Waals surface area contributed by atoms with E-state index in [0.717, 1.165) is 35.4 Å². The molecule has 19 heavy (non-hydrogen) atoms. The number of benzene rings is 1. The number of pyridine rings is 1. The third-order valence-electron chi connectivity index (χ3n) is 3.08. The van der Waals surface area contributed by atoms with E-state index in [4.69, 9.17) is 16.3 Å². The first-order valence-corrected chi connectivity index (χ1v) is 7.16. The lowest BCUT2D eigenvalue weighted by Gasteiger charge is -2.08. The van der Waals surface area contributed by atoms with Gasteiger partial charge in [0.05, 0.1) is 12.1 Å². The molecule has 2 rings (SSSR count). The Bertz CT molecular complexity index is 539. The zero-order chi connectivity index (χ0) is 13.7. The summed E-state index contributed by atoms with van der Waals surface area (Å²) in [7, 11) is 0. The first-order chi connectivity index (χ1) is 9.16. The second-order valence-electron chi connectivity index (χ2n) is 5.22. The molecule has 1 aromatic carbocycles. The van der Waals surface area contributed by atoms with Crippen molar-refractivity contribution in [3.63, 3.8) is 0 Å². The number of hydrogen-bond donors (Lipinski definition) is 0. The molecule has 2 aromatic rings. The van der Waals surface area contributed by atoms with Crippen LogP contribution in [0.2, 0.25) is 5.15 Å². The highest BCUT2D eigenvalue weighted by molar-refractivity contribution is 6.30. The van der Waals surface area contributed by atoms with Crippen molar-refractivity contribution in [2.75, 3.05) is 6.61 Å². The molecule has 0 fully saturated rings. The largest absolute Gasteiger partial charge is 0.377 e. The van der Waals surface area contributed by atoms with E-state index in [9.17, 15) is 0 Å². The molecule has 0 saturated heterocycles. The molecule has 0 aliphatic heterocycles. The Labute approximate surface area is 119 Å². The van der Waals surface area contributed by atoms with Crippen LogP contribution in [-0.2, 0) is 11.3 Å². The van der Waals surface area contributed by atoms with E-state index >= 15 is 0 Å². The summed E-state index contributed by atoms with van der Waals surface area (Å²) in [6, 6.07) is 10.0. The standard InChI is InChI=1S/C16H20ClNO/c1-12(2)6-5-9-19-11-14-10-13-7-3-4-8-15(13)18-16(14)17/h3-4,7-8,10,12H,5-6,9,11H2,1-2H3. The highest BCUT2D eigenvalue weighted by Crippen LogP contribution is 2.21. The van der Waals surface area contributed by atoms with Crippen LogP contribution in [0.3, 0.4) is 0 Å². The summed E-state index contributed by atoms with van der Waals surface area (Å²) in [5.74, 6) is 0.731. The first-order valence-electron chi connectivity index (χ1n) is 6.78. The summed E-state index contributed by atoms with van der Waals surface area (Å²) < 4.78 is 5.68. The number of para-hydroxylation sites is 1. The quantitative estimate of drug-likeness (QED) is 0.557. The normalized spacial score (nSPS) is 11.4. The summed E-state index contributed by atoms with van der Waals surface area (Å²) in [5.41, 5.74) is 1.89. The van der Waals surface area contributed by atoms with Crippen LogP contribution in [0.5, 0.6) is 0 Å². The van der Waals surface area contributed by atoms with E-state index in [-0.39, 0.29) is 0 Å². The average Bonchev–Trinajstić information content (AvgIpc) is 2.38. The zero-order valence-corrected chi connectivity index (χ0v) is 12.3. The van der Waals surface area contributed by atoms with Crippen molar-refractivity contribution in [2.45, 2.75) is 33.3 Å². The SMILES string of the molecule is CC(C)CCCOCc1cc2ccccc2nc1Cl. The van der Waals surface area contributed by atoms with Gasteiger partial charge in [-0.15, -0.1) is 0 Å². The number of hydrogen-bond acceptors (Lipinski definition) is 2. The molecule has 0 bridgehead atoms. The molecular weight excluding hydrogens is 258 g/mol. The molecule has 0 saturated carbocycles. The van der Waals surface area contributed by atoms with Crippen molar-refractivity contribution in [1.29, 1.82) is 0 Å². The van der Waals surface area contributed by atoms with E-state index in [2.05, 4.69) is 24.9 Å². The number of aromatic nitrogens is 1. The molecule has 0 aliphatic rings. The van der Waals surface area contributed by atoms with Crippen molar-refractivity contribution < 1.29 is 4.74 Å². The predicted octanol–water partition coefficient (Wildman–Crippen LogP) is 4.84. The van der Waals surface area contributed by atoms with Crippen LogP contribution >= 0.6 is 11.6 Å². The third kappa shape index (κ3) is 4.19. The maximum absolute atomic E-state index is 6.18. The molecule has 0 N–H and O–H groups in total. The van der Waals surface area contributed by atoms with Crippen LogP contribution in [-0.4, -0.2) is 11.6 Å². The lowest BCUT2D eigenvalue weighted by molar-refractivity contribution is 0.115. The molecule has 1 heterocycles. The number of fused-ring (bicyclic) bond motifs is 1. The molecule has 0 aliphatic carbocycles. The molecule has 0 spiro atoms. The number of rotatable bonds is 6. The maximum atomic E-state index is 6.18. The van der Waals surface area contributed by atoms with E-state index in [1.54, 1.807) is 0 Å². The summed E-state index contributed by atoms with van der Waals surface area (Å²) >= 11 is 6.18. The van der Waals surface area contributed by atoms with Crippen LogP contribution in [0.1, 0.15) is 32.3 Å². The lowest BCUT2D eigenvalue weighted by atomic mass is 10.1. The molecule has 1 aromatic heterocycles. The van der Waals surface area contributed by atoms with Gasteiger partial charge in [0.1, 0.15) is 5.15 Å². The van der Waals surface area contributed by atoms with Crippen LogP contribution in [0, 0.1) is 5.92 Å². The minimum atomic E-state index is 0.536. The Morgan fingerprint density at radius 1 is 1.26 bits per heavy atom. The van der Waals surface area contributed by atoms with Crippen molar-refractivity contribution in [1.82, 2.24) is 4.98 Å². The summed E-state index contributed by atoms with van der Waals surface area (Å²) in [4.78, 5) is 4.39. The monoisotopic (exact) mass is 277 g/mol. The minimum absolute atomic E-state index is 0.536. The molecule has 0 atom stereocenters. The van der Waals surface area contributed by atoms with Gasteiger partial charge >= 0.3 is 0 Å². The van der Waals surface area contributed by atoms with Gasteiger partial charge in [0.25, 0.3) is 0 Å². The van der Waals surface area contributed by atoms with Gasteiger partial charge in [-0.3, -0.25) is 0 Å². The van der Waals surface area contributed by atoms with Crippen LogP contribution in [0.25, 0.3) is 10.9 Å². The molecule has 0 amide bonds. The predicted molar refractivity (Wildman–Crippen MR) is 80.5 cm³/mol. The van der Waals surface area contributed by atoms with Gasteiger partial charge in [-0.05, 0) is 30.9 Å². The van der Waals surface area contributed by atoms with Crippen molar-refractivity contribution in [3.8, 4) is 0 Å². The Balaban J connectivity index is 1.95. The molecular formula is C16H20ClNO. The summed E-state index contributed by atoms with van der Waals surface area (Å²) in [6.07, 6.45) is 2.29. The Kier molecular flexibility index (Phi) is 5.17. The van der Waals surface area contributed by atoms with Crippen molar-refractivity contribution in [3.05, 3.63) is 41.0 Å². The van der Waals surface area contributed by atoms with Gasteiger partial charge < -0.3 is 4.74 Å². The van der Waals surface area contributed by atoms with Crippen LogP contribution in [0.4, 0.5) is 0 Å². The van der Waals surface area contributed by atoms with Crippen LogP contribution in [0.15, 0.2) is 30.3 Å². The zero-order valence-electron chi connectivity index (χ0n) is 11.5. The number of ether oxygens (including phenoxy) is 1. The van der Waals surface area contributed by atoms with E-state index in [0.29, 0.717) is 11.8 Å². The van der Waals surface area contributed by atoms with E-state index < -0.39 is 0 Å². The fourth-order valence-electron chi connectivity index (χ4n) is 2.01.